The number of para-hydroxylation sites is 2. The van der Waals surface area contributed by atoms with E-state index in [1.54, 1.807) is 23.1 Å². The SMILES string of the molecule is O=C(O)c1oc2ccccc2c1-c1cnn(-c2ccccc2)c1. The average Bonchev–Trinajstić information content (AvgIpc) is 3.20. The van der Waals surface area contributed by atoms with Crippen LogP contribution in [0.2, 0.25) is 0 Å². The minimum Gasteiger partial charge on any atom is -0.475 e. The Balaban J connectivity index is 1.91. The topological polar surface area (TPSA) is 68.3 Å². The van der Waals surface area contributed by atoms with Crippen LogP contribution in [0.15, 0.2) is 71.4 Å². The van der Waals surface area contributed by atoms with Gasteiger partial charge in [0.15, 0.2) is 0 Å². The van der Waals surface area contributed by atoms with Crippen LogP contribution in [0.3, 0.4) is 0 Å². The van der Waals surface area contributed by atoms with E-state index < -0.39 is 5.97 Å². The Morgan fingerprint density at radius 1 is 1.04 bits per heavy atom. The number of hydrogen-bond donors (Lipinski definition) is 1. The Hall–Kier alpha value is -3.34. The van der Waals surface area contributed by atoms with Crippen molar-refractivity contribution < 1.29 is 14.3 Å². The van der Waals surface area contributed by atoms with Crippen molar-refractivity contribution in [2.75, 3.05) is 0 Å². The molecule has 2 aromatic carbocycles. The van der Waals surface area contributed by atoms with Crippen molar-refractivity contribution in [1.82, 2.24) is 9.78 Å². The highest BCUT2D eigenvalue weighted by atomic mass is 16.4. The predicted octanol–water partition coefficient (Wildman–Crippen LogP) is 3.98. The summed E-state index contributed by atoms with van der Waals surface area (Å²) in [5.41, 5.74) is 2.71. The third-order valence-electron chi connectivity index (χ3n) is 3.68. The molecule has 0 aliphatic rings. The third kappa shape index (κ3) is 2.19. The highest BCUT2D eigenvalue weighted by molar-refractivity contribution is 6.05. The molecule has 1 N–H and O–H groups in total. The van der Waals surface area contributed by atoms with E-state index >= 15 is 0 Å². The molecule has 0 saturated heterocycles. The maximum atomic E-state index is 11.5. The number of hydrogen-bond acceptors (Lipinski definition) is 3. The van der Waals surface area contributed by atoms with Crippen molar-refractivity contribution in [2.24, 2.45) is 0 Å². The van der Waals surface area contributed by atoms with Crippen molar-refractivity contribution in [1.29, 1.82) is 0 Å². The second kappa shape index (κ2) is 5.14. The quantitative estimate of drug-likeness (QED) is 0.621. The molecular weight excluding hydrogens is 292 g/mol. The van der Waals surface area contributed by atoms with Gasteiger partial charge in [0.05, 0.1) is 11.9 Å². The van der Waals surface area contributed by atoms with Crippen LogP contribution in [0, 0.1) is 0 Å². The molecule has 0 atom stereocenters. The summed E-state index contributed by atoms with van der Waals surface area (Å²) in [6.45, 7) is 0. The Morgan fingerprint density at radius 2 is 1.78 bits per heavy atom. The molecule has 0 aliphatic carbocycles. The van der Waals surface area contributed by atoms with Gasteiger partial charge in [-0.1, -0.05) is 36.4 Å². The Bertz CT molecular complexity index is 999. The first-order chi connectivity index (χ1) is 11.2. The molecule has 0 bridgehead atoms. The molecule has 0 amide bonds. The van der Waals surface area contributed by atoms with Crippen molar-refractivity contribution in [2.45, 2.75) is 0 Å². The molecule has 0 spiro atoms. The second-order valence-electron chi connectivity index (χ2n) is 5.12. The van der Waals surface area contributed by atoms with E-state index in [0.29, 0.717) is 16.7 Å². The molecule has 2 aromatic heterocycles. The minimum atomic E-state index is -1.09. The minimum absolute atomic E-state index is 0.0705. The van der Waals surface area contributed by atoms with Gasteiger partial charge in [-0.15, -0.1) is 0 Å². The number of furan rings is 1. The van der Waals surface area contributed by atoms with Crippen LogP contribution >= 0.6 is 0 Å². The van der Waals surface area contributed by atoms with Crippen LogP contribution in [0.4, 0.5) is 0 Å². The average molecular weight is 304 g/mol. The molecule has 23 heavy (non-hydrogen) atoms. The van der Waals surface area contributed by atoms with Crippen LogP contribution in [-0.2, 0) is 0 Å². The van der Waals surface area contributed by atoms with Gasteiger partial charge in [0.2, 0.25) is 5.76 Å². The number of aromatic nitrogens is 2. The van der Waals surface area contributed by atoms with Crippen LogP contribution in [0.1, 0.15) is 10.6 Å². The van der Waals surface area contributed by atoms with Crippen molar-refractivity contribution in [3.8, 4) is 16.8 Å². The van der Waals surface area contributed by atoms with E-state index in [0.717, 1.165) is 11.1 Å². The molecular formula is C18H12N2O3. The molecule has 0 aliphatic heterocycles. The number of nitrogens with zero attached hydrogens (tertiary/aromatic N) is 2. The van der Waals surface area contributed by atoms with Gasteiger partial charge in [-0.25, -0.2) is 9.48 Å². The first-order valence-corrected chi connectivity index (χ1v) is 7.09. The van der Waals surface area contributed by atoms with E-state index in [-0.39, 0.29) is 5.76 Å². The molecule has 4 aromatic rings. The summed E-state index contributed by atoms with van der Waals surface area (Å²) in [6.07, 6.45) is 3.45. The standard InChI is InChI=1S/C18H12N2O3/c21-18(22)17-16(14-8-4-5-9-15(14)23-17)12-10-19-20(11-12)13-6-2-1-3-7-13/h1-11H,(H,21,22). The number of fused-ring (bicyclic) bond motifs is 1. The molecule has 2 heterocycles. The van der Waals surface area contributed by atoms with Crippen LogP contribution < -0.4 is 0 Å². The zero-order valence-corrected chi connectivity index (χ0v) is 12.0. The lowest BCUT2D eigenvalue weighted by atomic mass is 10.1. The smallest absolute Gasteiger partial charge is 0.372 e. The zero-order valence-electron chi connectivity index (χ0n) is 12.0. The van der Waals surface area contributed by atoms with Crippen LogP contribution in [-0.4, -0.2) is 20.9 Å². The highest BCUT2D eigenvalue weighted by Crippen LogP contribution is 2.34. The summed E-state index contributed by atoms with van der Waals surface area (Å²) < 4.78 is 7.20. The van der Waals surface area contributed by atoms with Gasteiger partial charge in [0, 0.05) is 22.7 Å². The first-order valence-electron chi connectivity index (χ1n) is 7.09. The largest absolute Gasteiger partial charge is 0.475 e. The Morgan fingerprint density at radius 3 is 2.57 bits per heavy atom. The van der Waals surface area contributed by atoms with Crippen molar-refractivity contribution >= 4 is 16.9 Å². The molecule has 0 saturated carbocycles. The Kier molecular flexibility index (Phi) is 2.98. The van der Waals surface area contributed by atoms with Gasteiger partial charge in [0.25, 0.3) is 0 Å². The summed E-state index contributed by atoms with van der Waals surface area (Å²) in [6, 6.07) is 16.9. The van der Waals surface area contributed by atoms with E-state index in [2.05, 4.69) is 5.10 Å². The fraction of sp³-hybridized carbons (Fsp3) is 0. The number of carboxylic acid groups (broad SMARTS) is 1. The predicted molar refractivity (Wildman–Crippen MR) is 85.7 cm³/mol. The van der Waals surface area contributed by atoms with Gasteiger partial charge in [-0.3, -0.25) is 0 Å². The summed E-state index contributed by atoms with van der Waals surface area (Å²) in [5, 5.41) is 14.5. The summed E-state index contributed by atoms with van der Waals surface area (Å²) in [5.74, 6) is -1.16. The van der Waals surface area contributed by atoms with E-state index in [1.165, 1.54) is 0 Å². The maximum absolute atomic E-state index is 11.5. The fourth-order valence-corrected chi connectivity index (χ4v) is 2.66. The molecule has 5 nitrogen and oxygen atoms in total. The third-order valence-corrected chi connectivity index (χ3v) is 3.68. The van der Waals surface area contributed by atoms with E-state index in [4.69, 9.17) is 4.42 Å². The van der Waals surface area contributed by atoms with Gasteiger partial charge in [0.1, 0.15) is 5.58 Å². The van der Waals surface area contributed by atoms with Crippen molar-refractivity contribution in [3.63, 3.8) is 0 Å². The first kappa shape index (κ1) is 13.3. The Labute approximate surface area is 131 Å². The number of carboxylic acids is 1. The number of rotatable bonds is 3. The van der Waals surface area contributed by atoms with Gasteiger partial charge >= 0.3 is 5.97 Å². The maximum Gasteiger partial charge on any atom is 0.372 e. The van der Waals surface area contributed by atoms with Gasteiger partial charge in [-0.2, -0.15) is 5.10 Å². The van der Waals surface area contributed by atoms with Crippen molar-refractivity contribution in [3.05, 3.63) is 72.8 Å². The van der Waals surface area contributed by atoms with Crippen LogP contribution in [0.25, 0.3) is 27.8 Å². The number of aromatic carboxylic acids is 1. The lowest BCUT2D eigenvalue weighted by Gasteiger charge is -1.99. The number of carbonyl (C=O) groups is 1. The van der Waals surface area contributed by atoms with Crippen LogP contribution in [0.5, 0.6) is 0 Å². The molecule has 4 rings (SSSR count). The summed E-state index contributed by atoms with van der Waals surface area (Å²) in [7, 11) is 0. The molecule has 0 unspecified atom stereocenters. The lowest BCUT2D eigenvalue weighted by Crippen LogP contribution is -1.96. The highest BCUT2D eigenvalue weighted by Gasteiger charge is 2.22. The zero-order chi connectivity index (χ0) is 15.8. The van der Waals surface area contributed by atoms with Gasteiger partial charge in [-0.05, 0) is 18.2 Å². The molecule has 112 valence electrons. The fourth-order valence-electron chi connectivity index (χ4n) is 2.66. The monoisotopic (exact) mass is 304 g/mol. The summed E-state index contributed by atoms with van der Waals surface area (Å²) in [4.78, 5) is 11.5. The summed E-state index contributed by atoms with van der Waals surface area (Å²) >= 11 is 0. The lowest BCUT2D eigenvalue weighted by molar-refractivity contribution is 0.0666. The molecule has 0 fully saturated rings. The second-order valence-corrected chi connectivity index (χ2v) is 5.12. The normalized spacial score (nSPS) is 11.0. The molecule has 0 radical (unpaired) electrons. The number of benzene rings is 2. The van der Waals surface area contributed by atoms with Gasteiger partial charge < -0.3 is 9.52 Å². The van der Waals surface area contributed by atoms with E-state index in [1.807, 2.05) is 48.5 Å². The van der Waals surface area contributed by atoms with E-state index in [9.17, 15) is 9.90 Å². The molecule has 5 heteroatoms.